The van der Waals surface area contributed by atoms with E-state index >= 15 is 0 Å². The molecule has 3 rings (SSSR count). The molecule has 0 radical (unpaired) electrons. The second kappa shape index (κ2) is 6.47. The Hall–Kier alpha value is -0.250. The molecular formula is C17H23BrClNO. The fraction of sp³-hybridized carbons (Fsp3) is 0.647. The maximum atomic E-state index is 6.25. The van der Waals surface area contributed by atoms with Crippen LogP contribution in [0.3, 0.4) is 0 Å². The lowest BCUT2D eigenvalue weighted by Gasteiger charge is -2.28. The van der Waals surface area contributed by atoms with Crippen LogP contribution in [0, 0.1) is 17.8 Å². The predicted octanol–water partition coefficient (Wildman–Crippen LogP) is 5.20. The highest BCUT2D eigenvalue weighted by molar-refractivity contribution is 9.10. The van der Waals surface area contributed by atoms with Gasteiger partial charge in [-0.1, -0.05) is 18.0 Å². The summed E-state index contributed by atoms with van der Waals surface area (Å²) < 4.78 is 6.53. The van der Waals surface area contributed by atoms with E-state index in [9.17, 15) is 0 Å². The van der Waals surface area contributed by atoms with Crippen LogP contribution >= 0.6 is 27.5 Å². The average molecular weight is 373 g/mol. The molecule has 4 heteroatoms. The maximum absolute atomic E-state index is 6.25. The molecule has 0 saturated heterocycles. The molecule has 0 heterocycles. The van der Waals surface area contributed by atoms with Crippen molar-refractivity contribution in [3.8, 4) is 5.75 Å². The number of benzene rings is 1. The highest BCUT2D eigenvalue weighted by Gasteiger charge is 2.40. The van der Waals surface area contributed by atoms with Crippen LogP contribution in [0.1, 0.15) is 43.7 Å². The van der Waals surface area contributed by atoms with Gasteiger partial charge in [0, 0.05) is 16.6 Å². The summed E-state index contributed by atoms with van der Waals surface area (Å²) in [7, 11) is 3.76. The van der Waals surface area contributed by atoms with E-state index in [1.165, 1.54) is 37.7 Å². The minimum Gasteiger partial charge on any atom is -0.495 e. The molecule has 0 aromatic heterocycles. The lowest BCUT2D eigenvalue weighted by Crippen LogP contribution is -2.23. The van der Waals surface area contributed by atoms with Gasteiger partial charge in [-0.05, 0) is 78.5 Å². The fourth-order valence-corrected chi connectivity index (χ4v) is 5.42. The third kappa shape index (κ3) is 3.11. The second-order valence-corrected chi connectivity index (χ2v) is 7.81. The minimum absolute atomic E-state index is 0.305. The number of fused-ring (bicyclic) bond motifs is 2. The Morgan fingerprint density at radius 1 is 1.38 bits per heavy atom. The normalized spacial score (nSPS) is 28.9. The van der Waals surface area contributed by atoms with Crippen LogP contribution in [0.15, 0.2) is 16.6 Å². The van der Waals surface area contributed by atoms with Gasteiger partial charge in [0.1, 0.15) is 5.75 Å². The Balaban J connectivity index is 1.83. The molecule has 0 aliphatic heterocycles. The minimum atomic E-state index is 0.305. The third-order valence-electron chi connectivity index (χ3n) is 5.39. The van der Waals surface area contributed by atoms with E-state index in [1.807, 2.05) is 19.2 Å². The molecule has 21 heavy (non-hydrogen) atoms. The van der Waals surface area contributed by atoms with Crippen LogP contribution in [0.4, 0.5) is 0 Å². The lowest BCUT2D eigenvalue weighted by atomic mass is 9.82. The summed E-state index contributed by atoms with van der Waals surface area (Å²) >= 11 is 9.81. The standard InChI is InChI=1S/C17H23BrClNO/c1-20-16(7-12-6-10-3-4-11(12)5-10)14-8-13(19)9-15(18)17(14)21-2/h8-12,16,20H,3-7H2,1-2H3. The molecule has 2 aliphatic rings. The molecule has 1 aromatic rings. The smallest absolute Gasteiger partial charge is 0.137 e. The Labute approximate surface area is 140 Å². The van der Waals surface area contributed by atoms with Crippen LogP contribution in [0.25, 0.3) is 0 Å². The predicted molar refractivity (Wildman–Crippen MR) is 91.1 cm³/mol. The van der Waals surface area contributed by atoms with Crippen molar-refractivity contribution < 1.29 is 4.74 Å². The van der Waals surface area contributed by atoms with Crippen molar-refractivity contribution >= 4 is 27.5 Å². The van der Waals surface area contributed by atoms with E-state index in [0.717, 1.165) is 33.0 Å². The summed E-state index contributed by atoms with van der Waals surface area (Å²) in [4.78, 5) is 0. The number of rotatable bonds is 5. The number of ether oxygens (including phenoxy) is 1. The van der Waals surface area contributed by atoms with Gasteiger partial charge in [-0.2, -0.15) is 0 Å². The number of hydrogen-bond acceptors (Lipinski definition) is 2. The molecular weight excluding hydrogens is 350 g/mol. The largest absolute Gasteiger partial charge is 0.495 e. The Morgan fingerprint density at radius 2 is 2.19 bits per heavy atom. The van der Waals surface area contributed by atoms with Gasteiger partial charge in [0.15, 0.2) is 0 Å². The van der Waals surface area contributed by atoms with Gasteiger partial charge in [0.2, 0.25) is 0 Å². The first kappa shape index (κ1) is 15.6. The van der Waals surface area contributed by atoms with Gasteiger partial charge >= 0.3 is 0 Å². The topological polar surface area (TPSA) is 21.3 Å². The summed E-state index contributed by atoms with van der Waals surface area (Å²) in [5.41, 5.74) is 1.17. The second-order valence-electron chi connectivity index (χ2n) is 6.52. The van der Waals surface area contributed by atoms with E-state index in [1.54, 1.807) is 7.11 Å². The third-order valence-corrected chi connectivity index (χ3v) is 6.20. The van der Waals surface area contributed by atoms with Gasteiger partial charge in [-0.25, -0.2) is 0 Å². The molecule has 4 unspecified atom stereocenters. The van der Waals surface area contributed by atoms with Gasteiger partial charge in [0.05, 0.1) is 11.6 Å². The van der Waals surface area contributed by atoms with Crippen LogP contribution in [0.5, 0.6) is 5.75 Å². The summed E-state index contributed by atoms with van der Waals surface area (Å²) in [6.07, 6.45) is 6.94. The molecule has 0 amide bonds. The zero-order valence-electron chi connectivity index (χ0n) is 12.7. The first-order valence-corrected chi connectivity index (χ1v) is 8.99. The summed E-state index contributed by atoms with van der Waals surface area (Å²) in [5.74, 6) is 3.69. The van der Waals surface area contributed by atoms with Crippen LogP contribution in [0.2, 0.25) is 5.02 Å². The van der Waals surface area contributed by atoms with Gasteiger partial charge in [0.25, 0.3) is 0 Å². The summed E-state index contributed by atoms with van der Waals surface area (Å²) in [5, 5.41) is 4.23. The van der Waals surface area contributed by atoms with Crippen molar-refractivity contribution in [2.24, 2.45) is 17.8 Å². The molecule has 1 N–H and O–H groups in total. The Morgan fingerprint density at radius 3 is 2.76 bits per heavy atom. The monoisotopic (exact) mass is 371 g/mol. The van der Waals surface area contributed by atoms with Crippen molar-refractivity contribution in [2.75, 3.05) is 14.2 Å². The van der Waals surface area contributed by atoms with Crippen molar-refractivity contribution in [3.05, 3.63) is 27.2 Å². The van der Waals surface area contributed by atoms with Crippen LogP contribution in [-0.4, -0.2) is 14.2 Å². The molecule has 4 atom stereocenters. The molecule has 2 saturated carbocycles. The van der Waals surface area contributed by atoms with Crippen molar-refractivity contribution in [2.45, 2.75) is 38.1 Å². The maximum Gasteiger partial charge on any atom is 0.137 e. The zero-order valence-corrected chi connectivity index (χ0v) is 15.0. The Bertz CT molecular complexity index is 522. The first-order chi connectivity index (χ1) is 10.1. The van der Waals surface area contributed by atoms with Crippen molar-refractivity contribution in [1.29, 1.82) is 0 Å². The number of methoxy groups -OCH3 is 1. The van der Waals surface area contributed by atoms with Crippen molar-refractivity contribution in [1.82, 2.24) is 5.32 Å². The lowest BCUT2D eigenvalue weighted by molar-refractivity contribution is 0.281. The van der Waals surface area contributed by atoms with Crippen LogP contribution in [-0.2, 0) is 0 Å². The molecule has 2 nitrogen and oxygen atoms in total. The van der Waals surface area contributed by atoms with Crippen LogP contribution < -0.4 is 10.1 Å². The van der Waals surface area contributed by atoms with E-state index < -0.39 is 0 Å². The fourth-order valence-electron chi connectivity index (χ4n) is 4.42. The SMILES string of the molecule is CNC(CC1CC2CCC1C2)c1cc(Cl)cc(Br)c1OC. The first-order valence-electron chi connectivity index (χ1n) is 7.82. The Kier molecular flexibility index (Phi) is 4.82. The van der Waals surface area contributed by atoms with Crippen molar-refractivity contribution in [3.63, 3.8) is 0 Å². The number of nitrogens with one attached hydrogen (secondary N) is 1. The quantitative estimate of drug-likeness (QED) is 0.767. The molecule has 1 aromatic carbocycles. The van der Waals surface area contributed by atoms with Gasteiger partial charge < -0.3 is 10.1 Å². The highest BCUT2D eigenvalue weighted by Crippen LogP contribution is 2.51. The van der Waals surface area contributed by atoms with Gasteiger partial charge in [-0.3, -0.25) is 0 Å². The molecule has 2 fully saturated rings. The molecule has 2 bridgehead atoms. The highest BCUT2D eigenvalue weighted by atomic mass is 79.9. The van der Waals surface area contributed by atoms with E-state index in [-0.39, 0.29) is 0 Å². The van der Waals surface area contributed by atoms with E-state index in [2.05, 4.69) is 21.2 Å². The molecule has 2 aliphatic carbocycles. The summed E-state index contributed by atoms with van der Waals surface area (Å²) in [6.45, 7) is 0. The zero-order chi connectivity index (χ0) is 15.0. The molecule has 0 spiro atoms. The van der Waals surface area contributed by atoms with Gasteiger partial charge in [-0.15, -0.1) is 0 Å². The summed E-state index contributed by atoms with van der Waals surface area (Å²) in [6, 6.07) is 4.24. The van der Waals surface area contributed by atoms with E-state index in [0.29, 0.717) is 6.04 Å². The number of halogens is 2. The number of hydrogen-bond donors (Lipinski definition) is 1. The molecule has 116 valence electrons. The van der Waals surface area contributed by atoms with E-state index in [4.69, 9.17) is 16.3 Å². The average Bonchev–Trinajstić information content (AvgIpc) is 3.06.